The summed E-state index contributed by atoms with van der Waals surface area (Å²) in [6.07, 6.45) is 20.5. The Balaban J connectivity index is 1.10. The number of benzene rings is 1. The second-order valence-corrected chi connectivity index (χ2v) is 16.5. The molecular formula is C42H57N5O4. The molecule has 274 valence electrons. The van der Waals surface area contributed by atoms with E-state index < -0.39 is 0 Å². The summed E-state index contributed by atoms with van der Waals surface area (Å²) in [5.41, 5.74) is 5.08. The summed E-state index contributed by atoms with van der Waals surface area (Å²) < 4.78 is 13.4. The minimum atomic E-state index is -0.343. The fraction of sp³-hybridized carbons (Fsp3) is 0.619. The first-order chi connectivity index (χ1) is 24.6. The van der Waals surface area contributed by atoms with Crippen molar-refractivity contribution in [3.05, 3.63) is 60.0 Å². The predicted molar refractivity (Wildman–Crippen MR) is 200 cm³/mol. The van der Waals surface area contributed by atoms with E-state index in [2.05, 4.69) is 61.2 Å². The van der Waals surface area contributed by atoms with Gasteiger partial charge in [-0.1, -0.05) is 25.5 Å². The van der Waals surface area contributed by atoms with Gasteiger partial charge in [0.05, 0.1) is 18.8 Å². The molecule has 51 heavy (non-hydrogen) atoms. The third-order valence-corrected chi connectivity index (χ3v) is 13.2. The van der Waals surface area contributed by atoms with Crippen molar-refractivity contribution in [1.82, 2.24) is 20.1 Å². The van der Waals surface area contributed by atoms with Crippen LogP contribution in [0.4, 0.5) is 10.6 Å². The van der Waals surface area contributed by atoms with Crippen molar-refractivity contribution in [2.45, 2.75) is 134 Å². The number of aromatic nitrogens is 3. The molecule has 0 radical (unpaired) electrons. The van der Waals surface area contributed by atoms with Crippen molar-refractivity contribution >= 4 is 17.8 Å². The molecule has 0 spiro atoms. The molecule has 8 rings (SSSR count). The number of amides is 2. The minimum Gasteiger partial charge on any atom is -0.496 e. The maximum atomic E-state index is 14.7. The molecule has 2 amide bonds. The van der Waals surface area contributed by atoms with E-state index in [-0.39, 0.29) is 40.4 Å². The van der Waals surface area contributed by atoms with E-state index in [0.717, 1.165) is 86.9 Å². The van der Waals surface area contributed by atoms with Crippen molar-refractivity contribution in [2.75, 3.05) is 25.1 Å². The van der Waals surface area contributed by atoms with E-state index >= 15 is 0 Å². The lowest BCUT2D eigenvalue weighted by atomic mass is 9.51. The lowest BCUT2D eigenvalue weighted by molar-refractivity contribution is -0.124. The molecular weight excluding hydrogens is 638 g/mol. The van der Waals surface area contributed by atoms with Gasteiger partial charge in [0.25, 0.3) is 0 Å². The van der Waals surface area contributed by atoms with Crippen molar-refractivity contribution in [2.24, 2.45) is 11.3 Å². The number of nitrogens with zero attached hydrogens (tertiary/aromatic N) is 4. The Morgan fingerprint density at radius 1 is 0.980 bits per heavy atom. The average Bonchev–Trinajstić information content (AvgIpc) is 3.65. The van der Waals surface area contributed by atoms with Gasteiger partial charge in [-0.3, -0.25) is 14.4 Å². The number of carbonyl (C=O) groups excluding carboxylic acids is 2. The Hall–Kier alpha value is -3.88. The first kappa shape index (κ1) is 35.5. The first-order valence-corrected chi connectivity index (χ1v) is 19.6. The number of rotatable bonds is 12. The van der Waals surface area contributed by atoms with Crippen molar-refractivity contribution in [3.63, 3.8) is 0 Å². The maximum absolute atomic E-state index is 14.7. The molecule has 0 unspecified atom stereocenters. The van der Waals surface area contributed by atoms with Gasteiger partial charge < -0.3 is 14.8 Å². The van der Waals surface area contributed by atoms with Gasteiger partial charge in [0.15, 0.2) is 0 Å². The zero-order chi connectivity index (χ0) is 35.6. The highest BCUT2D eigenvalue weighted by Gasteiger charge is 2.51. The number of hydrogen-bond acceptors (Lipinski definition) is 6. The Kier molecular flexibility index (Phi) is 10.2. The zero-order valence-electron chi connectivity index (χ0n) is 31.2. The Morgan fingerprint density at radius 2 is 1.73 bits per heavy atom. The van der Waals surface area contributed by atoms with Gasteiger partial charge in [-0.2, -0.15) is 5.10 Å². The highest BCUT2D eigenvalue weighted by Crippen LogP contribution is 2.58. The number of fused-ring (bicyclic) bond motifs is 3. The van der Waals surface area contributed by atoms with Gasteiger partial charge in [0, 0.05) is 37.0 Å². The number of alkyl carbamates (subject to hydrolysis) is 1. The lowest BCUT2D eigenvalue weighted by Crippen LogP contribution is -2.52. The van der Waals surface area contributed by atoms with Crippen LogP contribution < -0.4 is 15.0 Å². The van der Waals surface area contributed by atoms with E-state index in [1.54, 1.807) is 7.11 Å². The largest absolute Gasteiger partial charge is 0.496 e. The second-order valence-electron chi connectivity index (χ2n) is 16.5. The number of ether oxygens (including phenoxy) is 2. The van der Waals surface area contributed by atoms with Crippen molar-refractivity contribution in [3.8, 4) is 16.9 Å². The zero-order valence-corrected chi connectivity index (χ0v) is 31.2. The predicted octanol–water partition coefficient (Wildman–Crippen LogP) is 8.87. The fourth-order valence-electron chi connectivity index (χ4n) is 9.39. The highest BCUT2D eigenvalue weighted by atomic mass is 16.6. The van der Waals surface area contributed by atoms with E-state index in [1.165, 1.54) is 17.5 Å². The average molecular weight is 696 g/mol. The molecule has 0 aliphatic heterocycles. The van der Waals surface area contributed by atoms with Gasteiger partial charge in [-0.15, -0.1) is 0 Å². The lowest BCUT2D eigenvalue weighted by Gasteiger charge is -2.55. The van der Waals surface area contributed by atoms with Crippen LogP contribution in [0.3, 0.4) is 0 Å². The Bertz CT molecular complexity index is 1680. The molecule has 9 nitrogen and oxygen atoms in total. The van der Waals surface area contributed by atoms with Crippen molar-refractivity contribution in [1.29, 1.82) is 0 Å². The summed E-state index contributed by atoms with van der Waals surface area (Å²) in [6, 6.07) is 10.9. The van der Waals surface area contributed by atoms with Gasteiger partial charge in [-0.25, -0.2) is 9.78 Å². The molecule has 3 aromatic rings. The number of carbonyl (C=O) groups is 2. The van der Waals surface area contributed by atoms with Crippen molar-refractivity contribution < 1.29 is 19.1 Å². The smallest absolute Gasteiger partial charge is 0.407 e. The number of anilines is 1. The third-order valence-electron chi connectivity index (χ3n) is 13.2. The van der Waals surface area contributed by atoms with Crippen LogP contribution in [0.2, 0.25) is 0 Å². The normalized spacial score (nSPS) is 26.6. The van der Waals surface area contributed by atoms with Crippen LogP contribution in [-0.4, -0.2) is 53.1 Å². The molecule has 0 saturated heterocycles. The molecule has 2 aromatic heterocycles. The highest BCUT2D eigenvalue weighted by molar-refractivity contribution is 5.95. The summed E-state index contributed by atoms with van der Waals surface area (Å²) in [6.45, 7) is 7.84. The molecule has 2 heterocycles. The van der Waals surface area contributed by atoms with Crippen LogP contribution in [0.5, 0.6) is 5.75 Å². The summed E-state index contributed by atoms with van der Waals surface area (Å²) in [4.78, 5) is 34.0. The SMILES string of the molecule is CCCCNC(=O)OC1CCC(C(=O)N(CC23CCC(c4ccc(OC)c(C)c4)(CC2)CC3)c2cc(-c3cnn(C4(C)CCC4)c3)ccn2)CC1. The van der Waals surface area contributed by atoms with Crippen LogP contribution in [0.25, 0.3) is 11.1 Å². The molecule has 5 saturated carbocycles. The summed E-state index contributed by atoms with van der Waals surface area (Å²) in [5.74, 6) is 1.72. The number of aryl methyl sites for hydroxylation is 1. The van der Waals surface area contributed by atoms with Gasteiger partial charge in [0.2, 0.25) is 5.91 Å². The fourth-order valence-corrected chi connectivity index (χ4v) is 9.39. The standard InChI is InChI=1S/C42H57N5O4/c1-5-6-23-44-39(49)51-35-11-8-31(9-12-35)38(48)46(37-26-32(14-24-43-37)33-27-45-47(28-33)40(3)15-7-16-40)29-41-17-20-42(21-18-41,22-19-41)34-10-13-36(50-4)30(2)25-34/h10,13-14,24-28,31,35H,5-9,11-12,15-23,29H2,1-4H3,(H,44,49). The molecule has 1 aromatic carbocycles. The third kappa shape index (κ3) is 7.27. The van der Waals surface area contributed by atoms with Crippen LogP contribution in [0.15, 0.2) is 48.9 Å². The molecule has 0 atom stereocenters. The van der Waals surface area contributed by atoms with Crippen LogP contribution in [0.1, 0.15) is 121 Å². The van der Waals surface area contributed by atoms with Gasteiger partial charge >= 0.3 is 6.09 Å². The molecule has 1 N–H and O–H groups in total. The number of hydrogen-bond donors (Lipinski definition) is 1. The Morgan fingerprint density at radius 3 is 2.37 bits per heavy atom. The molecule has 5 aliphatic rings. The molecule has 2 bridgehead atoms. The summed E-state index contributed by atoms with van der Waals surface area (Å²) in [5, 5.41) is 7.62. The number of methoxy groups -OCH3 is 1. The van der Waals surface area contributed by atoms with E-state index in [1.807, 2.05) is 23.4 Å². The van der Waals surface area contributed by atoms with E-state index in [9.17, 15) is 9.59 Å². The second kappa shape index (κ2) is 14.6. The summed E-state index contributed by atoms with van der Waals surface area (Å²) in [7, 11) is 1.74. The molecule has 5 fully saturated rings. The van der Waals surface area contributed by atoms with Crippen LogP contribution in [-0.2, 0) is 20.5 Å². The number of pyridine rings is 1. The maximum Gasteiger partial charge on any atom is 0.407 e. The summed E-state index contributed by atoms with van der Waals surface area (Å²) >= 11 is 0. The monoisotopic (exact) mass is 695 g/mol. The van der Waals surface area contributed by atoms with Gasteiger partial charge in [0.1, 0.15) is 17.7 Å². The van der Waals surface area contributed by atoms with Crippen LogP contribution in [0, 0.1) is 18.3 Å². The number of nitrogens with one attached hydrogen (secondary N) is 1. The first-order valence-electron chi connectivity index (χ1n) is 19.6. The molecule has 9 heteroatoms. The van der Waals surface area contributed by atoms with Gasteiger partial charge in [-0.05, 0) is 149 Å². The quantitative estimate of drug-likeness (QED) is 0.190. The van der Waals surface area contributed by atoms with E-state index in [4.69, 9.17) is 19.6 Å². The number of unbranched alkanes of at least 4 members (excludes halogenated alkanes) is 1. The molecule has 5 aliphatic carbocycles. The van der Waals surface area contributed by atoms with E-state index in [0.29, 0.717) is 38.8 Å². The Labute approximate surface area is 303 Å². The topological polar surface area (TPSA) is 98.6 Å². The minimum absolute atomic E-state index is 0.0667. The van der Waals surface area contributed by atoms with Crippen LogP contribution >= 0.6 is 0 Å².